The fraction of sp³-hybridized carbons (Fsp3) is 0.583. The van der Waals surface area contributed by atoms with E-state index in [2.05, 4.69) is 10.4 Å². The Kier molecular flexibility index (Phi) is 5.74. The number of alkyl halides is 3. The maximum absolute atomic E-state index is 12.4. The van der Waals surface area contributed by atoms with E-state index in [0.29, 0.717) is 12.1 Å². The average molecular weight is 307 g/mol. The van der Waals surface area contributed by atoms with Crippen LogP contribution in [0, 0.1) is 6.92 Å². The standard InChI is InChI=1S/C12H16F3N3O3/c1-8-7-9(12(13,14)15)17-18(8)6-2-5-16-10(19)3-4-11(20)21/h7H,2-6H2,1H3,(H,16,19)(H,20,21). The Morgan fingerprint density at radius 3 is 2.57 bits per heavy atom. The first-order valence-electron chi connectivity index (χ1n) is 6.30. The molecule has 1 rings (SSSR count). The van der Waals surface area contributed by atoms with E-state index in [1.54, 1.807) is 0 Å². The molecule has 6 nitrogen and oxygen atoms in total. The highest BCUT2D eigenvalue weighted by atomic mass is 19.4. The fourth-order valence-electron chi connectivity index (χ4n) is 1.64. The van der Waals surface area contributed by atoms with E-state index in [1.807, 2.05) is 0 Å². The van der Waals surface area contributed by atoms with Crippen LogP contribution in [0.5, 0.6) is 0 Å². The summed E-state index contributed by atoms with van der Waals surface area (Å²) in [7, 11) is 0. The third-order valence-corrected chi connectivity index (χ3v) is 2.71. The van der Waals surface area contributed by atoms with Gasteiger partial charge in [-0.15, -0.1) is 0 Å². The summed E-state index contributed by atoms with van der Waals surface area (Å²) in [5.74, 6) is -1.46. The molecule has 1 aromatic heterocycles. The number of carboxylic acid groups (broad SMARTS) is 1. The summed E-state index contributed by atoms with van der Waals surface area (Å²) in [6.07, 6.45) is -4.44. The Morgan fingerprint density at radius 1 is 1.38 bits per heavy atom. The third kappa shape index (κ3) is 5.84. The van der Waals surface area contributed by atoms with Gasteiger partial charge in [-0.1, -0.05) is 0 Å². The van der Waals surface area contributed by atoms with Gasteiger partial charge in [0.25, 0.3) is 0 Å². The predicted octanol–water partition coefficient (Wildman–Crippen LogP) is 1.58. The number of halogens is 3. The van der Waals surface area contributed by atoms with Crippen LogP contribution in [0.25, 0.3) is 0 Å². The topological polar surface area (TPSA) is 84.2 Å². The molecule has 0 aliphatic heterocycles. The second kappa shape index (κ2) is 7.09. The minimum Gasteiger partial charge on any atom is -0.481 e. The van der Waals surface area contributed by atoms with Gasteiger partial charge < -0.3 is 10.4 Å². The first kappa shape index (κ1) is 17.0. The van der Waals surface area contributed by atoms with Gasteiger partial charge in [0, 0.05) is 25.2 Å². The lowest BCUT2D eigenvalue weighted by Crippen LogP contribution is -2.25. The summed E-state index contributed by atoms with van der Waals surface area (Å²) >= 11 is 0. The van der Waals surface area contributed by atoms with Gasteiger partial charge >= 0.3 is 12.1 Å². The van der Waals surface area contributed by atoms with Crippen molar-refractivity contribution in [2.75, 3.05) is 6.54 Å². The number of carbonyl (C=O) groups is 2. The highest BCUT2D eigenvalue weighted by molar-refractivity contribution is 5.80. The van der Waals surface area contributed by atoms with Gasteiger partial charge in [0.2, 0.25) is 5.91 Å². The van der Waals surface area contributed by atoms with Gasteiger partial charge in [0.1, 0.15) is 0 Å². The molecule has 1 aromatic rings. The molecular weight excluding hydrogens is 291 g/mol. The Morgan fingerprint density at radius 2 is 2.05 bits per heavy atom. The lowest BCUT2D eigenvalue weighted by Gasteiger charge is -2.06. The zero-order chi connectivity index (χ0) is 16.0. The van der Waals surface area contributed by atoms with Crippen LogP contribution >= 0.6 is 0 Å². The van der Waals surface area contributed by atoms with Crippen LogP contribution in [0.1, 0.15) is 30.7 Å². The molecule has 0 bridgehead atoms. The highest BCUT2D eigenvalue weighted by Gasteiger charge is 2.34. The van der Waals surface area contributed by atoms with E-state index in [9.17, 15) is 22.8 Å². The molecular formula is C12H16F3N3O3. The monoisotopic (exact) mass is 307 g/mol. The predicted molar refractivity (Wildman–Crippen MR) is 66.5 cm³/mol. The number of aliphatic carboxylic acids is 1. The van der Waals surface area contributed by atoms with Crippen LogP contribution in [0.3, 0.4) is 0 Å². The van der Waals surface area contributed by atoms with Gasteiger partial charge in [-0.25, -0.2) is 0 Å². The van der Waals surface area contributed by atoms with Gasteiger partial charge in [-0.3, -0.25) is 14.3 Å². The molecule has 0 spiro atoms. The van der Waals surface area contributed by atoms with Crippen molar-refractivity contribution >= 4 is 11.9 Å². The zero-order valence-corrected chi connectivity index (χ0v) is 11.4. The molecule has 2 N–H and O–H groups in total. The number of hydrogen-bond acceptors (Lipinski definition) is 3. The summed E-state index contributed by atoms with van der Waals surface area (Å²) in [5, 5.41) is 14.4. The Balaban J connectivity index is 2.35. The second-order valence-electron chi connectivity index (χ2n) is 4.49. The van der Waals surface area contributed by atoms with Crippen molar-refractivity contribution < 1.29 is 27.9 Å². The quantitative estimate of drug-likeness (QED) is 0.749. The second-order valence-corrected chi connectivity index (χ2v) is 4.49. The summed E-state index contributed by atoms with van der Waals surface area (Å²) in [6, 6.07) is 0.964. The first-order valence-corrected chi connectivity index (χ1v) is 6.30. The maximum Gasteiger partial charge on any atom is 0.435 e. The molecule has 0 radical (unpaired) electrons. The van der Waals surface area contributed by atoms with Crippen molar-refractivity contribution in [3.8, 4) is 0 Å². The highest BCUT2D eigenvalue weighted by Crippen LogP contribution is 2.28. The molecule has 1 heterocycles. The van der Waals surface area contributed by atoms with Gasteiger partial charge in [0.05, 0.1) is 6.42 Å². The molecule has 0 saturated carbocycles. The molecule has 0 aliphatic rings. The number of nitrogens with zero attached hydrogens (tertiary/aromatic N) is 2. The van der Waals surface area contributed by atoms with Crippen LogP contribution in [0.2, 0.25) is 0 Å². The molecule has 0 aliphatic carbocycles. The summed E-state index contributed by atoms with van der Waals surface area (Å²) < 4.78 is 38.6. The largest absolute Gasteiger partial charge is 0.481 e. The minimum absolute atomic E-state index is 0.117. The average Bonchev–Trinajstić information content (AvgIpc) is 2.73. The van der Waals surface area contributed by atoms with E-state index in [0.717, 1.165) is 6.07 Å². The van der Waals surface area contributed by atoms with Crippen LogP contribution in [-0.4, -0.2) is 33.3 Å². The van der Waals surface area contributed by atoms with Crippen LogP contribution < -0.4 is 5.32 Å². The minimum atomic E-state index is -4.47. The van der Waals surface area contributed by atoms with Gasteiger partial charge in [0.15, 0.2) is 5.69 Å². The number of carbonyl (C=O) groups excluding carboxylic acids is 1. The molecule has 0 unspecified atom stereocenters. The van der Waals surface area contributed by atoms with E-state index >= 15 is 0 Å². The first-order chi connectivity index (χ1) is 9.70. The Hall–Kier alpha value is -2.06. The van der Waals surface area contributed by atoms with E-state index in [1.165, 1.54) is 11.6 Å². The van der Waals surface area contributed by atoms with Crippen molar-refractivity contribution in [1.29, 1.82) is 0 Å². The van der Waals surface area contributed by atoms with Gasteiger partial charge in [-0.2, -0.15) is 18.3 Å². The molecule has 0 fully saturated rings. The number of carboxylic acids is 1. The van der Waals surface area contributed by atoms with Crippen molar-refractivity contribution in [2.45, 2.75) is 38.9 Å². The normalized spacial score (nSPS) is 11.4. The lowest BCUT2D eigenvalue weighted by molar-refractivity contribution is -0.141. The molecule has 21 heavy (non-hydrogen) atoms. The molecule has 0 saturated heterocycles. The van der Waals surface area contributed by atoms with E-state index in [-0.39, 0.29) is 25.9 Å². The molecule has 118 valence electrons. The van der Waals surface area contributed by atoms with Crippen molar-refractivity contribution in [3.63, 3.8) is 0 Å². The summed E-state index contributed by atoms with van der Waals surface area (Å²) in [6.45, 7) is 2.01. The number of aryl methyl sites for hydroxylation is 2. The molecule has 9 heteroatoms. The van der Waals surface area contributed by atoms with E-state index < -0.39 is 23.7 Å². The maximum atomic E-state index is 12.4. The fourth-order valence-corrected chi connectivity index (χ4v) is 1.64. The van der Waals surface area contributed by atoms with Crippen LogP contribution in [-0.2, 0) is 22.3 Å². The van der Waals surface area contributed by atoms with Crippen LogP contribution in [0.15, 0.2) is 6.07 Å². The van der Waals surface area contributed by atoms with Crippen molar-refractivity contribution in [2.24, 2.45) is 0 Å². The summed E-state index contributed by atoms with van der Waals surface area (Å²) in [4.78, 5) is 21.5. The van der Waals surface area contributed by atoms with Crippen LogP contribution in [0.4, 0.5) is 13.2 Å². The molecule has 0 atom stereocenters. The lowest BCUT2D eigenvalue weighted by atomic mass is 10.3. The zero-order valence-electron chi connectivity index (χ0n) is 11.4. The Labute approximate surface area is 118 Å². The number of nitrogens with one attached hydrogen (secondary N) is 1. The Bertz CT molecular complexity index is 512. The smallest absolute Gasteiger partial charge is 0.435 e. The molecule has 0 aromatic carbocycles. The number of aromatic nitrogens is 2. The number of amides is 1. The van der Waals surface area contributed by atoms with Crippen molar-refractivity contribution in [1.82, 2.24) is 15.1 Å². The van der Waals surface area contributed by atoms with E-state index in [4.69, 9.17) is 5.11 Å². The molecule has 1 amide bonds. The van der Waals surface area contributed by atoms with Gasteiger partial charge in [-0.05, 0) is 19.4 Å². The van der Waals surface area contributed by atoms with Crippen molar-refractivity contribution in [3.05, 3.63) is 17.5 Å². The number of hydrogen-bond donors (Lipinski definition) is 2. The summed E-state index contributed by atoms with van der Waals surface area (Å²) in [5.41, 5.74) is -0.551. The third-order valence-electron chi connectivity index (χ3n) is 2.71. The number of rotatable bonds is 7. The SMILES string of the molecule is Cc1cc(C(F)(F)F)nn1CCCNC(=O)CCC(=O)O.